The summed E-state index contributed by atoms with van der Waals surface area (Å²) in [5.41, 5.74) is 2.21. The molecule has 0 atom stereocenters. The van der Waals surface area contributed by atoms with Gasteiger partial charge in [0.2, 0.25) is 0 Å². The number of ketones is 1. The van der Waals surface area contributed by atoms with Gasteiger partial charge in [-0.15, -0.1) is 0 Å². The number of nitrogens with zero attached hydrogens (tertiary/aromatic N) is 1. The summed E-state index contributed by atoms with van der Waals surface area (Å²) in [7, 11) is 0. The van der Waals surface area contributed by atoms with Gasteiger partial charge in [-0.25, -0.2) is 4.98 Å². The number of aromatic amines is 1. The van der Waals surface area contributed by atoms with E-state index in [0.29, 0.717) is 11.4 Å². The number of H-pyrrole nitrogens is 1. The highest BCUT2D eigenvalue weighted by Gasteiger charge is 2.06. The van der Waals surface area contributed by atoms with E-state index in [1.165, 1.54) is 30.3 Å². The van der Waals surface area contributed by atoms with E-state index in [1.807, 2.05) is 30.3 Å². The van der Waals surface area contributed by atoms with Crippen LogP contribution in [-0.4, -0.2) is 22.4 Å². The SMILES string of the molecule is O=C(C=Cc1ncc(-c2ccccc2)[nH]1)c1ccc(OC(F)F)cc1. The highest BCUT2D eigenvalue weighted by Crippen LogP contribution is 2.17. The normalized spacial score (nSPS) is 11.2. The minimum absolute atomic E-state index is 0.00840. The molecule has 0 aliphatic heterocycles. The van der Waals surface area contributed by atoms with Crippen LogP contribution in [0.25, 0.3) is 17.3 Å². The first kappa shape index (κ1) is 16.6. The lowest BCUT2D eigenvalue weighted by Crippen LogP contribution is -2.02. The molecule has 25 heavy (non-hydrogen) atoms. The number of carbonyl (C=O) groups is 1. The number of imidazole rings is 1. The molecule has 0 radical (unpaired) electrons. The number of benzene rings is 2. The van der Waals surface area contributed by atoms with Gasteiger partial charge in [0.05, 0.1) is 11.9 Å². The molecule has 4 nitrogen and oxygen atoms in total. The maximum absolute atomic E-state index is 12.1. The summed E-state index contributed by atoms with van der Waals surface area (Å²) in [6.07, 6.45) is 4.63. The zero-order chi connectivity index (χ0) is 17.6. The minimum atomic E-state index is -2.89. The van der Waals surface area contributed by atoms with Gasteiger partial charge in [-0.05, 0) is 42.0 Å². The van der Waals surface area contributed by atoms with Gasteiger partial charge in [0.25, 0.3) is 0 Å². The third-order valence-electron chi connectivity index (χ3n) is 3.44. The Bertz CT molecular complexity index is 872. The van der Waals surface area contributed by atoms with Crippen molar-refractivity contribution in [3.8, 4) is 17.0 Å². The molecule has 0 saturated carbocycles. The van der Waals surface area contributed by atoms with Gasteiger partial charge in [0.15, 0.2) is 5.78 Å². The van der Waals surface area contributed by atoms with E-state index in [0.717, 1.165) is 11.3 Å². The number of halogens is 2. The number of aromatic nitrogens is 2. The Balaban J connectivity index is 1.67. The van der Waals surface area contributed by atoms with Crippen LogP contribution >= 0.6 is 0 Å². The van der Waals surface area contributed by atoms with Gasteiger partial charge in [-0.2, -0.15) is 8.78 Å². The molecule has 3 aromatic rings. The zero-order valence-corrected chi connectivity index (χ0v) is 13.0. The molecule has 126 valence electrons. The van der Waals surface area contributed by atoms with Crippen LogP contribution in [0.4, 0.5) is 8.78 Å². The molecular weight excluding hydrogens is 326 g/mol. The molecule has 1 N–H and O–H groups in total. The molecule has 0 aliphatic rings. The Morgan fingerprint density at radius 1 is 1.08 bits per heavy atom. The van der Waals surface area contributed by atoms with Crippen LogP contribution in [0.5, 0.6) is 5.75 Å². The third-order valence-corrected chi connectivity index (χ3v) is 3.44. The van der Waals surface area contributed by atoms with E-state index in [-0.39, 0.29) is 11.5 Å². The standard InChI is InChI=1S/C19H14F2N2O2/c20-19(21)25-15-8-6-14(7-9-15)17(24)10-11-18-22-12-16(23-18)13-4-2-1-3-5-13/h1-12,19H,(H,22,23). The van der Waals surface area contributed by atoms with E-state index in [2.05, 4.69) is 14.7 Å². The van der Waals surface area contributed by atoms with E-state index in [9.17, 15) is 13.6 Å². The molecule has 6 heteroatoms. The molecule has 0 saturated heterocycles. The number of rotatable bonds is 6. The van der Waals surface area contributed by atoms with E-state index in [1.54, 1.807) is 12.3 Å². The molecule has 2 aromatic carbocycles. The maximum atomic E-state index is 12.1. The number of ether oxygens (including phenoxy) is 1. The smallest absolute Gasteiger partial charge is 0.387 e. The first-order chi connectivity index (χ1) is 12.1. The minimum Gasteiger partial charge on any atom is -0.435 e. The first-order valence-corrected chi connectivity index (χ1v) is 7.49. The molecule has 1 heterocycles. The van der Waals surface area contributed by atoms with Crippen molar-refractivity contribution in [3.63, 3.8) is 0 Å². The second-order valence-corrected chi connectivity index (χ2v) is 5.15. The topological polar surface area (TPSA) is 55.0 Å². The number of hydrogen-bond donors (Lipinski definition) is 1. The average Bonchev–Trinajstić information content (AvgIpc) is 3.10. The summed E-state index contributed by atoms with van der Waals surface area (Å²) in [5.74, 6) is 0.292. The monoisotopic (exact) mass is 340 g/mol. The lowest BCUT2D eigenvalue weighted by molar-refractivity contribution is -0.0498. The van der Waals surface area contributed by atoms with Crippen LogP contribution in [0.15, 0.2) is 66.9 Å². The second kappa shape index (κ2) is 7.53. The number of alkyl halides is 2. The Labute approximate surface area is 142 Å². The first-order valence-electron chi connectivity index (χ1n) is 7.49. The molecular formula is C19H14F2N2O2. The van der Waals surface area contributed by atoms with Gasteiger partial charge >= 0.3 is 6.61 Å². The van der Waals surface area contributed by atoms with Crippen molar-refractivity contribution in [1.29, 1.82) is 0 Å². The van der Waals surface area contributed by atoms with Crippen molar-refractivity contribution in [1.82, 2.24) is 9.97 Å². The van der Waals surface area contributed by atoms with E-state index < -0.39 is 6.61 Å². The zero-order valence-electron chi connectivity index (χ0n) is 13.0. The van der Waals surface area contributed by atoms with Crippen LogP contribution in [-0.2, 0) is 0 Å². The van der Waals surface area contributed by atoms with E-state index in [4.69, 9.17) is 0 Å². The van der Waals surface area contributed by atoms with Crippen LogP contribution in [0.3, 0.4) is 0 Å². The Morgan fingerprint density at radius 3 is 2.48 bits per heavy atom. The molecule has 0 bridgehead atoms. The number of carbonyl (C=O) groups excluding carboxylic acids is 1. The third kappa shape index (κ3) is 4.38. The van der Waals surface area contributed by atoms with Gasteiger partial charge < -0.3 is 9.72 Å². The summed E-state index contributed by atoms with van der Waals surface area (Å²) in [5, 5.41) is 0. The fraction of sp³-hybridized carbons (Fsp3) is 0.0526. The van der Waals surface area contributed by atoms with E-state index >= 15 is 0 Å². The van der Waals surface area contributed by atoms with Crippen molar-refractivity contribution < 1.29 is 18.3 Å². The summed E-state index contributed by atoms with van der Waals surface area (Å²) in [6, 6.07) is 15.2. The van der Waals surface area contributed by atoms with Gasteiger partial charge in [0.1, 0.15) is 11.6 Å². The van der Waals surface area contributed by atoms with Gasteiger partial charge in [-0.3, -0.25) is 4.79 Å². The van der Waals surface area contributed by atoms with Crippen molar-refractivity contribution in [2.45, 2.75) is 6.61 Å². The number of allylic oxidation sites excluding steroid dienone is 1. The Morgan fingerprint density at radius 2 is 1.80 bits per heavy atom. The predicted octanol–water partition coefficient (Wildman–Crippen LogP) is 4.57. The molecule has 0 spiro atoms. The largest absolute Gasteiger partial charge is 0.435 e. The molecule has 3 rings (SSSR count). The maximum Gasteiger partial charge on any atom is 0.387 e. The lowest BCUT2D eigenvalue weighted by Gasteiger charge is -2.04. The highest BCUT2D eigenvalue weighted by atomic mass is 19.3. The van der Waals surface area contributed by atoms with Crippen LogP contribution in [0, 0.1) is 0 Å². The van der Waals surface area contributed by atoms with Crippen LogP contribution in [0.2, 0.25) is 0 Å². The van der Waals surface area contributed by atoms with Gasteiger partial charge in [0, 0.05) is 5.56 Å². The highest BCUT2D eigenvalue weighted by molar-refractivity contribution is 6.06. The fourth-order valence-electron chi connectivity index (χ4n) is 2.24. The fourth-order valence-corrected chi connectivity index (χ4v) is 2.24. The quantitative estimate of drug-likeness (QED) is 0.528. The van der Waals surface area contributed by atoms with Gasteiger partial charge in [-0.1, -0.05) is 30.3 Å². The summed E-state index contributed by atoms with van der Waals surface area (Å²) in [4.78, 5) is 19.4. The second-order valence-electron chi connectivity index (χ2n) is 5.15. The molecule has 0 unspecified atom stereocenters. The molecule has 0 amide bonds. The Kier molecular flexibility index (Phi) is 4.99. The lowest BCUT2D eigenvalue weighted by atomic mass is 10.1. The van der Waals surface area contributed by atoms with Crippen LogP contribution in [0.1, 0.15) is 16.2 Å². The average molecular weight is 340 g/mol. The Hall–Kier alpha value is -3.28. The number of nitrogens with one attached hydrogen (secondary N) is 1. The summed E-state index contributed by atoms with van der Waals surface area (Å²) >= 11 is 0. The van der Waals surface area contributed by atoms with Crippen molar-refractivity contribution in [3.05, 3.63) is 78.3 Å². The van der Waals surface area contributed by atoms with Crippen molar-refractivity contribution in [2.24, 2.45) is 0 Å². The number of hydrogen-bond acceptors (Lipinski definition) is 3. The molecule has 0 fully saturated rings. The van der Waals surface area contributed by atoms with Crippen molar-refractivity contribution >= 4 is 11.9 Å². The molecule has 0 aliphatic carbocycles. The summed E-state index contributed by atoms with van der Waals surface area (Å²) in [6.45, 7) is -2.89. The van der Waals surface area contributed by atoms with Crippen LogP contribution < -0.4 is 4.74 Å². The summed E-state index contributed by atoms with van der Waals surface area (Å²) < 4.78 is 28.4. The molecule has 1 aromatic heterocycles. The van der Waals surface area contributed by atoms with Crippen molar-refractivity contribution in [2.75, 3.05) is 0 Å². The predicted molar refractivity (Wildman–Crippen MR) is 90.5 cm³/mol.